The van der Waals surface area contributed by atoms with E-state index in [-0.39, 0.29) is 29.2 Å². The Morgan fingerprint density at radius 2 is 1.88 bits per heavy atom. The molecule has 0 amide bonds. The lowest BCUT2D eigenvalue weighted by atomic mass is 10.1. The maximum atomic E-state index is 11.8. The van der Waals surface area contributed by atoms with Crippen molar-refractivity contribution in [1.82, 2.24) is 19.9 Å². The van der Waals surface area contributed by atoms with Gasteiger partial charge in [-0.1, -0.05) is 0 Å². The Bertz CT molecular complexity index is 1220. The second-order valence-electron chi connectivity index (χ2n) is 7.22. The van der Waals surface area contributed by atoms with Gasteiger partial charge < -0.3 is 24.3 Å². The van der Waals surface area contributed by atoms with Gasteiger partial charge in [0.25, 0.3) is 0 Å². The van der Waals surface area contributed by atoms with Crippen molar-refractivity contribution in [2.24, 2.45) is 0 Å². The molecule has 174 valence electrons. The van der Waals surface area contributed by atoms with Crippen LogP contribution in [0.25, 0.3) is 11.4 Å². The van der Waals surface area contributed by atoms with Gasteiger partial charge in [-0.15, -0.1) is 0 Å². The summed E-state index contributed by atoms with van der Waals surface area (Å²) in [5.74, 6) is 0.604. The highest BCUT2D eigenvalue weighted by Crippen LogP contribution is 2.26. The minimum absolute atomic E-state index is 0.00147. The van der Waals surface area contributed by atoms with Gasteiger partial charge in [0.1, 0.15) is 23.6 Å². The van der Waals surface area contributed by atoms with E-state index in [1.807, 2.05) is 0 Å². The highest BCUT2D eigenvalue weighted by Gasteiger charge is 2.19. The molecule has 34 heavy (non-hydrogen) atoms. The number of nitrogens with zero attached hydrogens (tertiary/aromatic N) is 5. The predicted octanol–water partition coefficient (Wildman–Crippen LogP) is 2.90. The molecule has 11 nitrogen and oxygen atoms in total. The minimum atomic E-state index is -0.558. The second kappa shape index (κ2) is 10.5. The first-order valence-corrected chi connectivity index (χ1v) is 10.5. The highest BCUT2D eigenvalue weighted by molar-refractivity contribution is 5.92. The van der Waals surface area contributed by atoms with Crippen LogP contribution in [0.4, 0.5) is 11.8 Å². The quantitative estimate of drug-likeness (QED) is 0.518. The van der Waals surface area contributed by atoms with Gasteiger partial charge in [-0.05, 0) is 30.3 Å². The molecule has 1 aliphatic rings. The summed E-state index contributed by atoms with van der Waals surface area (Å²) in [6.45, 7) is 1.28. The highest BCUT2D eigenvalue weighted by atomic mass is 16.5. The average molecular weight is 462 g/mol. The third-order valence-electron chi connectivity index (χ3n) is 5.04. The van der Waals surface area contributed by atoms with Gasteiger partial charge in [0, 0.05) is 19.0 Å². The number of nitriles is 1. The second-order valence-corrected chi connectivity index (χ2v) is 7.22. The molecule has 0 spiro atoms. The van der Waals surface area contributed by atoms with Crippen LogP contribution < -0.4 is 14.8 Å². The number of hydrogen-bond acceptors (Lipinski definition) is 11. The van der Waals surface area contributed by atoms with Crippen molar-refractivity contribution in [1.29, 1.82) is 5.26 Å². The van der Waals surface area contributed by atoms with Gasteiger partial charge in [-0.2, -0.15) is 10.2 Å². The first kappa shape index (κ1) is 22.9. The van der Waals surface area contributed by atoms with Crippen LogP contribution in [0.15, 0.2) is 36.5 Å². The first-order chi connectivity index (χ1) is 16.6. The number of ether oxygens (including phenoxy) is 4. The third kappa shape index (κ3) is 5.19. The maximum absolute atomic E-state index is 11.8. The molecule has 0 saturated carbocycles. The molecule has 1 aliphatic heterocycles. The van der Waals surface area contributed by atoms with Gasteiger partial charge in [0.15, 0.2) is 11.4 Å². The van der Waals surface area contributed by atoms with Crippen LogP contribution in [0, 0.1) is 11.3 Å². The minimum Gasteiger partial charge on any atom is -0.487 e. The van der Waals surface area contributed by atoms with Gasteiger partial charge in [0.05, 0.1) is 38.8 Å². The van der Waals surface area contributed by atoms with Crippen LogP contribution in [-0.2, 0) is 9.47 Å². The van der Waals surface area contributed by atoms with Crippen molar-refractivity contribution >= 4 is 17.7 Å². The maximum Gasteiger partial charge on any atom is 0.343 e. The number of rotatable bonds is 7. The van der Waals surface area contributed by atoms with E-state index < -0.39 is 5.97 Å². The van der Waals surface area contributed by atoms with Crippen LogP contribution in [-0.4, -0.2) is 59.4 Å². The van der Waals surface area contributed by atoms with E-state index in [0.717, 1.165) is 12.8 Å². The van der Waals surface area contributed by atoms with Crippen LogP contribution >= 0.6 is 0 Å². The van der Waals surface area contributed by atoms with Crippen LogP contribution in [0.3, 0.4) is 0 Å². The summed E-state index contributed by atoms with van der Waals surface area (Å²) in [7, 11) is 2.69. The number of anilines is 2. The summed E-state index contributed by atoms with van der Waals surface area (Å²) in [4.78, 5) is 29.2. The normalized spacial score (nSPS) is 13.6. The molecule has 3 aromatic heterocycles. The Kier molecular flexibility index (Phi) is 7.10. The summed E-state index contributed by atoms with van der Waals surface area (Å²) < 4.78 is 21.2. The van der Waals surface area contributed by atoms with Crippen molar-refractivity contribution < 1.29 is 23.7 Å². The zero-order valence-corrected chi connectivity index (χ0v) is 18.6. The summed E-state index contributed by atoms with van der Waals surface area (Å²) >= 11 is 0. The van der Waals surface area contributed by atoms with Crippen molar-refractivity contribution in [3.63, 3.8) is 0 Å². The molecule has 0 unspecified atom stereocenters. The van der Waals surface area contributed by atoms with E-state index in [0.29, 0.717) is 36.2 Å². The fourth-order valence-electron chi connectivity index (χ4n) is 3.34. The third-order valence-corrected chi connectivity index (χ3v) is 5.04. The number of esters is 1. The van der Waals surface area contributed by atoms with Gasteiger partial charge in [0.2, 0.25) is 11.8 Å². The van der Waals surface area contributed by atoms with Crippen molar-refractivity contribution in [3.8, 4) is 29.1 Å². The smallest absolute Gasteiger partial charge is 0.343 e. The number of pyridine rings is 2. The fourth-order valence-corrected chi connectivity index (χ4v) is 3.34. The van der Waals surface area contributed by atoms with Crippen LogP contribution in [0.1, 0.15) is 28.9 Å². The van der Waals surface area contributed by atoms with E-state index >= 15 is 0 Å². The lowest BCUT2D eigenvalue weighted by Crippen LogP contribution is -2.26. The number of carbonyl (C=O) groups is 1. The zero-order valence-electron chi connectivity index (χ0n) is 18.6. The largest absolute Gasteiger partial charge is 0.487 e. The van der Waals surface area contributed by atoms with Crippen LogP contribution in [0.2, 0.25) is 0 Å². The molecule has 4 heterocycles. The molecule has 11 heteroatoms. The molecule has 1 saturated heterocycles. The molecule has 0 atom stereocenters. The summed E-state index contributed by atoms with van der Waals surface area (Å²) in [6.07, 6.45) is 3.10. The van der Waals surface area contributed by atoms with E-state index in [1.165, 1.54) is 20.3 Å². The number of methoxy groups -OCH3 is 2. The Morgan fingerprint density at radius 3 is 2.62 bits per heavy atom. The van der Waals surface area contributed by atoms with Crippen molar-refractivity contribution in [2.45, 2.75) is 18.9 Å². The van der Waals surface area contributed by atoms with Gasteiger partial charge in [-0.25, -0.2) is 19.7 Å². The number of aromatic nitrogens is 4. The molecule has 0 radical (unpaired) electrons. The number of hydrogen-bond donors (Lipinski definition) is 1. The fraction of sp³-hybridized carbons (Fsp3) is 0.304. The summed E-state index contributed by atoms with van der Waals surface area (Å²) in [5.41, 5.74) is 1.38. The molecular weight excluding hydrogens is 440 g/mol. The average Bonchev–Trinajstić information content (AvgIpc) is 2.89. The van der Waals surface area contributed by atoms with Crippen molar-refractivity contribution in [2.75, 3.05) is 32.8 Å². The van der Waals surface area contributed by atoms with E-state index in [9.17, 15) is 10.1 Å². The molecule has 1 N–H and O–H groups in total. The van der Waals surface area contributed by atoms with E-state index in [2.05, 4.69) is 31.3 Å². The summed E-state index contributed by atoms with van der Waals surface area (Å²) in [6, 6.07) is 10.4. The first-order valence-electron chi connectivity index (χ1n) is 10.5. The molecule has 4 rings (SSSR count). The van der Waals surface area contributed by atoms with Gasteiger partial charge in [-0.3, -0.25) is 0 Å². The number of nitrogens with one attached hydrogen (secondary N) is 1. The lowest BCUT2D eigenvalue weighted by Gasteiger charge is -2.23. The Balaban J connectivity index is 1.54. The monoisotopic (exact) mass is 462 g/mol. The standard InChI is InChI=1S/C23H22N6O5/c1-31-21-15(22(30)32-2)3-6-20(28-21)29-23-25-10-7-17(27-23)16-4-5-19(18(13-24)26-16)34-14-8-11-33-12-9-14/h3-7,10,14H,8-9,11-12H2,1-2H3,(H,25,27,28,29). The topological polar surface area (TPSA) is 141 Å². The number of carbonyl (C=O) groups excluding carboxylic acids is 1. The molecule has 3 aromatic rings. The SMILES string of the molecule is COC(=O)c1ccc(Nc2nccc(-c3ccc(OC4CCOCC4)c(C#N)n3)n2)nc1OC. The molecule has 0 aromatic carbocycles. The lowest BCUT2D eigenvalue weighted by molar-refractivity contribution is 0.0253. The molecule has 1 fully saturated rings. The summed E-state index contributed by atoms with van der Waals surface area (Å²) in [5, 5.41) is 12.6. The van der Waals surface area contributed by atoms with Crippen molar-refractivity contribution in [3.05, 3.63) is 47.8 Å². The Hall–Kier alpha value is -4.30. The molecule has 0 bridgehead atoms. The van der Waals surface area contributed by atoms with E-state index in [1.54, 1.807) is 30.5 Å². The molecular formula is C23H22N6O5. The zero-order chi connectivity index (χ0) is 23.9. The van der Waals surface area contributed by atoms with Crippen LogP contribution in [0.5, 0.6) is 11.6 Å². The van der Waals surface area contributed by atoms with Gasteiger partial charge >= 0.3 is 5.97 Å². The molecule has 0 aliphatic carbocycles. The van der Waals surface area contributed by atoms with E-state index in [4.69, 9.17) is 18.9 Å². The Labute approximate surface area is 195 Å². The Morgan fingerprint density at radius 1 is 1.09 bits per heavy atom. The predicted molar refractivity (Wildman–Crippen MR) is 120 cm³/mol.